The molecule has 7 heteroatoms. The summed E-state index contributed by atoms with van der Waals surface area (Å²) >= 11 is 0. The third-order valence-corrected chi connectivity index (χ3v) is 5.17. The molecule has 184 valence electrons. The van der Waals surface area contributed by atoms with Crippen LogP contribution >= 0.6 is 0 Å². The Morgan fingerprint density at radius 1 is 1.09 bits per heavy atom. The molecule has 2 atom stereocenters. The number of hydrogen-bond donors (Lipinski definition) is 3. The van der Waals surface area contributed by atoms with Gasteiger partial charge in [-0.2, -0.15) is 0 Å². The van der Waals surface area contributed by atoms with E-state index in [1.54, 1.807) is 12.1 Å². The van der Waals surface area contributed by atoms with E-state index >= 15 is 0 Å². The molecule has 0 bridgehead atoms. The van der Waals surface area contributed by atoms with Gasteiger partial charge in [-0.1, -0.05) is 65.7 Å². The van der Waals surface area contributed by atoms with Crippen LogP contribution in [0, 0.1) is 17.3 Å². The van der Waals surface area contributed by atoms with Crippen LogP contribution in [0.25, 0.3) is 0 Å². The topological polar surface area (TPSA) is 99.1 Å². The van der Waals surface area contributed by atoms with Crippen molar-refractivity contribution in [3.8, 4) is 0 Å². The van der Waals surface area contributed by atoms with Gasteiger partial charge in [0.25, 0.3) is 11.8 Å². The number of aliphatic hydroxyl groups excluding tert-OH is 2. The second kappa shape index (κ2) is 15.8. The Kier molecular flexibility index (Phi) is 14.8. The number of para-hydroxylation sites is 1. The molecule has 0 radical (unpaired) electrons. The molecule has 1 aromatic rings. The van der Waals surface area contributed by atoms with Crippen molar-refractivity contribution >= 4 is 17.5 Å². The molecule has 7 nitrogen and oxygen atoms in total. The number of hydrazine groups is 1. The molecule has 1 aliphatic heterocycles. The number of carbonyl (C=O) groups excluding carboxylic acids is 2. The minimum atomic E-state index is -0.518. The van der Waals surface area contributed by atoms with Gasteiger partial charge >= 0.3 is 0 Å². The molecule has 1 aromatic carbocycles. The Hall–Kier alpha value is -1.96. The van der Waals surface area contributed by atoms with Crippen LogP contribution in [0.15, 0.2) is 30.3 Å². The van der Waals surface area contributed by atoms with E-state index in [-0.39, 0.29) is 29.8 Å². The standard InChI is InChI=1S/C13H16N2O2.C8H18O2.C4H10O/c1-2-3-9-11-12(16)14-15(13(11)17)10-7-5-4-6-8-10;1-6(2)7(10)8(3,4)5-9;1-3-5-4-2/h4-8,11H,2-3,9H2,1H3,(H,14,16);6-7,9-10H,5H2,1-4H3;3-4H2,1-2H3. The lowest BCUT2D eigenvalue weighted by Crippen LogP contribution is -2.36. The van der Waals surface area contributed by atoms with Gasteiger partial charge in [-0.15, -0.1) is 0 Å². The lowest BCUT2D eigenvalue weighted by molar-refractivity contribution is -0.127. The van der Waals surface area contributed by atoms with E-state index in [1.165, 1.54) is 5.01 Å². The van der Waals surface area contributed by atoms with Crippen molar-refractivity contribution < 1.29 is 24.5 Å². The molecule has 32 heavy (non-hydrogen) atoms. The van der Waals surface area contributed by atoms with E-state index < -0.39 is 12.0 Å². The maximum atomic E-state index is 12.1. The van der Waals surface area contributed by atoms with E-state index in [2.05, 4.69) is 5.43 Å². The van der Waals surface area contributed by atoms with E-state index in [4.69, 9.17) is 9.84 Å². The molecule has 2 unspecified atom stereocenters. The summed E-state index contributed by atoms with van der Waals surface area (Å²) in [6, 6.07) is 9.17. The largest absolute Gasteiger partial charge is 0.396 e. The fraction of sp³-hybridized carbons (Fsp3) is 0.680. The molecule has 0 aliphatic carbocycles. The van der Waals surface area contributed by atoms with Crippen LogP contribution in [0.1, 0.15) is 67.7 Å². The van der Waals surface area contributed by atoms with Gasteiger partial charge in [-0.05, 0) is 38.3 Å². The third-order valence-electron chi connectivity index (χ3n) is 5.17. The summed E-state index contributed by atoms with van der Waals surface area (Å²) in [6.07, 6.45) is 2.09. The number of anilines is 1. The zero-order chi connectivity index (χ0) is 24.7. The Labute approximate surface area is 194 Å². The van der Waals surface area contributed by atoms with Crippen molar-refractivity contribution in [1.82, 2.24) is 5.43 Å². The van der Waals surface area contributed by atoms with Crippen LogP contribution in [0.4, 0.5) is 5.69 Å². The number of rotatable bonds is 9. The zero-order valence-corrected chi connectivity index (χ0v) is 20.9. The summed E-state index contributed by atoms with van der Waals surface area (Å²) in [6.45, 7) is 15.4. The molecule has 0 aromatic heterocycles. The summed E-state index contributed by atoms with van der Waals surface area (Å²) < 4.78 is 4.83. The normalized spacial score (nSPS) is 16.7. The number of unbranched alkanes of at least 4 members (excludes halogenated alkanes) is 1. The molecule has 1 aliphatic rings. The summed E-state index contributed by atoms with van der Waals surface area (Å²) in [5, 5.41) is 19.7. The zero-order valence-electron chi connectivity index (χ0n) is 20.9. The second-order valence-corrected chi connectivity index (χ2v) is 8.80. The SMILES string of the molecule is CC(C)C(O)C(C)(C)CO.CCCCC1C(=O)NN(c2ccccc2)C1=O.CCOCC. The van der Waals surface area contributed by atoms with E-state index in [9.17, 15) is 14.7 Å². The first kappa shape index (κ1) is 30.0. The van der Waals surface area contributed by atoms with E-state index in [0.717, 1.165) is 26.1 Å². The van der Waals surface area contributed by atoms with Gasteiger partial charge in [0.05, 0.1) is 18.4 Å². The second-order valence-electron chi connectivity index (χ2n) is 8.80. The molecule has 1 fully saturated rings. The number of amides is 2. The average Bonchev–Trinajstić information content (AvgIpc) is 3.07. The van der Waals surface area contributed by atoms with Gasteiger partial charge in [0.2, 0.25) is 0 Å². The van der Waals surface area contributed by atoms with Gasteiger partial charge in [0.15, 0.2) is 0 Å². The van der Waals surface area contributed by atoms with Gasteiger partial charge in [-0.25, -0.2) is 5.01 Å². The summed E-state index contributed by atoms with van der Waals surface area (Å²) in [5.41, 5.74) is 2.97. The molecule has 3 N–H and O–H groups in total. The third kappa shape index (κ3) is 10.1. The van der Waals surface area contributed by atoms with Crippen molar-refractivity contribution in [2.24, 2.45) is 17.3 Å². The fourth-order valence-corrected chi connectivity index (χ4v) is 3.14. The van der Waals surface area contributed by atoms with Gasteiger partial charge in [0, 0.05) is 18.6 Å². The predicted octanol–water partition coefficient (Wildman–Crippen LogP) is 3.94. The van der Waals surface area contributed by atoms with Crippen LogP contribution in [0.5, 0.6) is 0 Å². The van der Waals surface area contributed by atoms with Crippen LogP contribution in [0.3, 0.4) is 0 Å². The van der Waals surface area contributed by atoms with Crippen LogP contribution in [-0.2, 0) is 14.3 Å². The molecule has 2 amide bonds. The van der Waals surface area contributed by atoms with Gasteiger partial charge < -0.3 is 14.9 Å². The molecule has 1 saturated heterocycles. The van der Waals surface area contributed by atoms with E-state index in [1.807, 2.05) is 66.7 Å². The summed E-state index contributed by atoms with van der Waals surface area (Å²) in [4.78, 5) is 23.8. The van der Waals surface area contributed by atoms with Crippen molar-refractivity contribution in [1.29, 1.82) is 0 Å². The van der Waals surface area contributed by atoms with E-state index in [0.29, 0.717) is 12.1 Å². The Balaban J connectivity index is 0.000000545. The maximum Gasteiger partial charge on any atom is 0.258 e. The Morgan fingerprint density at radius 2 is 1.66 bits per heavy atom. The Bertz CT molecular complexity index is 647. The number of hydrogen-bond acceptors (Lipinski definition) is 5. The minimum absolute atomic E-state index is 0.0341. The number of nitrogens with one attached hydrogen (secondary N) is 1. The van der Waals surface area contributed by atoms with Crippen molar-refractivity contribution in [2.45, 2.75) is 73.8 Å². The highest BCUT2D eigenvalue weighted by molar-refractivity contribution is 6.14. The predicted molar refractivity (Wildman–Crippen MR) is 129 cm³/mol. The number of nitrogens with zero attached hydrogens (tertiary/aromatic N) is 1. The molecule has 1 heterocycles. The van der Waals surface area contributed by atoms with Gasteiger partial charge in [0.1, 0.15) is 5.92 Å². The highest BCUT2D eigenvalue weighted by Crippen LogP contribution is 2.25. The molecule has 0 saturated carbocycles. The maximum absolute atomic E-state index is 12.1. The lowest BCUT2D eigenvalue weighted by atomic mass is 9.82. The molecular weight excluding hydrogens is 408 g/mol. The van der Waals surface area contributed by atoms with Crippen molar-refractivity contribution in [2.75, 3.05) is 24.8 Å². The average molecular weight is 453 g/mol. The first-order valence-corrected chi connectivity index (χ1v) is 11.6. The van der Waals surface area contributed by atoms with Crippen molar-refractivity contribution in [3.05, 3.63) is 30.3 Å². The summed E-state index contributed by atoms with van der Waals surface area (Å²) in [7, 11) is 0. The highest BCUT2D eigenvalue weighted by atomic mass is 16.5. The highest BCUT2D eigenvalue weighted by Gasteiger charge is 2.39. The fourth-order valence-electron chi connectivity index (χ4n) is 3.14. The molecular formula is C25H44N2O5. The number of aliphatic hydroxyl groups is 2. The first-order chi connectivity index (χ1) is 15.1. The van der Waals surface area contributed by atoms with Crippen LogP contribution in [0.2, 0.25) is 0 Å². The lowest BCUT2D eigenvalue weighted by Gasteiger charge is -2.30. The Morgan fingerprint density at radius 3 is 2.03 bits per heavy atom. The van der Waals surface area contributed by atoms with Crippen LogP contribution < -0.4 is 10.4 Å². The summed E-state index contributed by atoms with van der Waals surface area (Å²) in [5.74, 6) is -0.640. The first-order valence-electron chi connectivity index (χ1n) is 11.6. The quantitative estimate of drug-likeness (QED) is 0.493. The monoisotopic (exact) mass is 452 g/mol. The molecule has 2 rings (SSSR count). The van der Waals surface area contributed by atoms with Gasteiger partial charge in [-0.3, -0.25) is 15.0 Å². The number of benzene rings is 1. The number of ether oxygens (including phenoxy) is 1. The van der Waals surface area contributed by atoms with Crippen molar-refractivity contribution in [3.63, 3.8) is 0 Å². The smallest absolute Gasteiger partial charge is 0.258 e. The minimum Gasteiger partial charge on any atom is -0.396 e. The number of carbonyl (C=O) groups is 2. The molecule has 0 spiro atoms. The van der Waals surface area contributed by atoms with Crippen LogP contribution in [-0.4, -0.2) is 48.0 Å².